The van der Waals surface area contributed by atoms with Crippen LogP contribution in [0.25, 0.3) is 0 Å². The second kappa shape index (κ2) is 9.27. The van der Waals surface area contributed by atoms with Gasteiger partial charge >= 0.3 is 0 Å². The number of rotatable bonds is 6. The molecule has 6 heteroatoms. The summed E-state index contributed by atoms with van der Waals surface area (Å²) in [6, 6.07) is 17.7. The molecule has 2 N–H and O–H groups in total. The van der Waals surface area contributed by atoms with Crippen molar-refractivity contribution >= 4 is 11.6 Å². The Hall–Kier alpha value is -3.25. The summed E-state index contributed by atoms with van der Waals surface area (Å²) >= 11 is 0. The predicted molar refractivity (Wildman–Crippen MR) is 116 cm³/mol. The van der Waals surface area contributed by atoms with Gasteiger partial charge in [0.1, 0.15) is 17.4 Å². The van der Waals surface area contributed by atoms with E-state index in [1.165, 1.54) is 36.4 Å². The first kappa shape index (κ1) is 22.4. The molecule has 0 aliphatic carbocycles. The average Bonchev–Trinajstić information content (AvgIpc) is 2.74. The van der Waals surface area contributed by atoms with Crippen LogP contribution in [0.1, 0.15) is 43.5 Å². The molecule has 4 nitrogen and oxygen atoms in total. The van der Waals surface area contributed by atoms with Gasteiger partial charge in [-0.3, -0.25) is 4.79 Å². The molecule has 162 valence electrons. The van der Waals surface area contributed by atoms with E-state index in [0.717, 1.165) is 5.56 Å². The van der Waals surface area contributed by atoms with Crippen molar-refractivity contribution in [3.05, 3.63) is 95.6 Å². The number of nitrogens with zero attached hydrogens (tertiary/aromatic N) is 1. The van der Waals surface area contributed by atoms with Crippen molar-refractivity contribution in [3.8, 4) is 5.75 Å². The van der Waals surface area contributed by atoms with Crippen LogP contribution in [0.5, 0.6) is 5.75 Å². The molecule has 3 aromatic carbocycles. The topological polar surface area (TPSA) is 60.8 Å². The number of aliphatic hydroxyl groups is 1. The van der Waals surface area contributed by atoms with Gasteiger partial charge in [-0.1, -0.05) is 31.7 Å². The Morgan fingerprint density at radius 1 is 0.871 bits per heavy atom. The molecule has 31 heavy (non-hydrogen) atoms. The van der Waals surface area contributed by atoms with E-state index in [1.54, 1.807) is 41.3 Å². The summed E-state index contributed by atoms with van der Waals surface area (Å²) < 4.78 is 26.4. The molecule has 1 fully saturated rings. The largest absolute Gasteiger partial charge is 0.508 e. The molecule has 4 rings (SSSR count). The highest BCUT2D eigenvalue weighted by Gasteiger charge is 2.48. The number of β-lactam (4-membered cyclic amide) rings is 1. The number of carbonyl (C=O) groups excluding carboxylic acids is 1. The number of hydrogen-bond donors (Lipinski definition) is 2. The Balaban J connectivity index is 0.00000272. The molecule has 0 spiro atoms. The van der Waals surface area contributed by atoms with Crippen LogP contribution in [0.3, 0.4) is 0 Å². The lowest BCUT2D eigenvalue weighted by Gasteiger charge is -2.48. The maximum atomic E-state index is 13.3. The first-order valence-corrected chi connectivity index (χ1v) is 9.75. The Morgan fingerprint density at radius 2 is 1.42 bits per heavy atom. The van der Waals surface area contributed by atoms with Crippen LogP contribution in [0.4, 0.5) is 14.5 Å². The van der Waals surface area contributed by atoms with Crippen molar-refractivity contribution in [2.75, 3.05) is 4.90 Å². The van der Waals surface area contributed by atoms with Gasteiger partial charge in [-0.05, 0) is 72.5 Å². The zero-order chi connectivity index (χ0) is 21.3. The van der Waals surface area contributed by atoms with E-state index in [9.17, 15) is 23.8 Å². The van der Waals surface area contributed by atoms with Gasteiger partial charge in [-0.2, -0.15) is 0 Å². The van der Waals surface area contributed by atoms with E-state index in [4.69, 9.17) is 0 Å². The number of anilines is 1. The Morgan fingerprint density at radius 3 is 2.00 bits per heavy atom. The first-order chi connectivity index (χ1) is 14.4. The highest BCUT2D eigenvalue weighted by Crippen LogP contribution is 2.46. The first-order valence-electron chi connectivity index (χ1n) is 9.75. The van der Waals surface area contributed by atoms with Crippen molar-refractivity contribution < 1.29 is 23.8 Å². The van der Waals surface area contributed by atoms with Gasteiger partial charge in [-0.25, -0.2) is 8.78 Å². The number of aromatic hydroxyl groups is 1. The van der Waals surface area contributed by atoms with Gasteiger partial charge < -0.3 is 15.1 Å². The van der Waals surface area contributed by atoms with Crippen molar-refractivity contribution in [2.45, 2.75) is 32.4 Å². The van der Waals surface area contributed by atoms with E-state index >= 15 is 0 Å². The summed E-state index contributed by atoms with van der Waals surface area (Å²) in [5.41, 5.74) is 2.03. The number of benzene rings is 3. The minimum absolute atomic E-state index is 0. The maximum Gasteiger partial charge on any atom is 0.233 e. The zero-order valence-electron chi connectivity index (χ0n) is 16.1. The summed E-state index contributed by atoms with van der Waals surface area (Å²) in [5, 5.41) is 20.1. The summed E-state index contributed by atoms with van der Waals surface area (Å²) in [5.74, 6) is -1.10. The fourth-order valence-corrected chi connectivity index (χ4v) is 3.96. The molecule has 3 atom stereocenters. The van der Waals surface area contributed by atoms with Crippen LogP contribution in [-0.4, -0.2) is 16.1 Å². The number of phenolic OH excluding ortho intramolecular Hbond substituents is 1. The molecular weight excluding hydrogens is 400 g/mol. The molecule has 1 aliphatic heterocycles. The van der Waals surface area contributed by atoms with Crippen LogP contribution in [0.2, 0.25) is 0 Å². The molecule has 1 saturated heterocycles. The quantitative estimate of drug-likeness (QED) is 0.511. The molecule has 1 aliphatic rings. The van der Waals surface area contributed by atoms with Crippen LogP contribution in [0.15, 0.2) is 72.8 Å². The highest BCUT2D eigenvalue weighted by molar-refractivity contribution is 6.03. The number of phenols is 1. The monoisotopic (exact) mass is 425 g/mol. The lowest BCUT2D eigenvalue weighted by molar-refractivity contribution is -0.131. The zero-order valence-corrected chi connectivity index (χ0v) is 16.1. The smallest absolute Gasteiger partial charge is 0.233 e. The van der Waals surface area contributed by atoms with Crippen LogP contribution in [-0.2, 0) is 4.79 Å². The molecule has 0 unspecified atom stereocenters. The summed E-state index contributed by atoms with van der Waals surface area (Å²) in [7, 11) is 0. The Labute approximate surface area is 180 Å². The van der Waals surface area contributed by atoms with E-state index < -0.39 is 6.10 Å². The van der Waals surface area contributed by atoms with Gasteiger partial charge in [0.05, 0.1) is 18.1 Å². The highest BCUT2D eigenvalue weighted by atomic mass is 19.1. The van der Waals surface area contributed by atoms with Crippen LogP contribution < -0.4 is 4.90 Å². The Kier molecular flexibility index (Phi) is 6.71. The number of carbonyl (C=O) groups is 1. The van der Waals surface area contributed by atoms with Gasteiger partial charge in [0.25, 0.3) is 0 Å². The number of halogens is 2. The molecule has 0 aromatic heterocycles. The lowest BCUT2D eigenvalue weighted by Crippen LogP contribution is -2.55. The molecule has 0 saturated carbocycles. The summed E-state index contributed by atoms with van der Waals surface area (Å²) in [4.78, 5) is 14.6. The molecule has 0 radical (unpaired) electrons. The van der Waals surface area contributed by atoms with Gasteiger partial charge in [0.2, 0.25) is 5.91 Å². The molecule has 0 bridgehead atoms. The molecule has 3 aromatic rings. The summed E-state index contributed by atoms with van der Waals surface area (Å²) in [6.45, 7) is 0. The third-order valence-electron chi connectivity index (χ3n) is 5.56. The minimum Gasteiger partial charge on any atom is -0.508 e. The third kappa shape index (κ3) is 4.59. The molecule has 1 heterocycles. The van der Waals surface area contributed by atoms with Crippen molar-refractivity contribution in [3.63, 3.8) is 0 Å². The SMILES string of the molecule is C.O=C1[C@H](CC[C@H](O)c2ccc(F)cc2)[C@@H](c2ccc(O)cc2)N1c1ccc(F)cc1. The third-order valence-corrected chi connectivity index (χ3v) is 5.56. The fourth-order valence-electron chi connectivity index (χ4n) is 3.96. The standard InChI is InChI=1S/C24H21F2NO3.CH4/c25-17-5-1-15(2-6-17)22(29)14-13-21-23(16-3-11-20(28)12-4-16)27(24(21)30)19-9-7-18(26)8-10-19;/h1-12,21-23,28-29H,13-14H2;1H4/t21-,22+,23-;/m1./s1. The van der Waals surface area contributed by atoms with E-state index in [2.05, 4.69) is 0 Å². The van der Waals surface area contributed by atoms with Crippen molar-refractivity contribution in [2.24, 2.45) is 5.92 Å². The minimum atomic E-state index is -0.807. The second-order valence-electron chi connectivity index (χ2n) is 7.47. The number of amides is 1. The fraction of sp³-hybridized carbons (Fsp3) is 0.240. The van der Waals surface area contributed by atoms with Crippen LogP contribution >= 0.6 is 0 Å². The van der Waals surface area contributed by atoms with E-state index in [-0.39, 0.29) is 42.7 Å². The van der Waals surface area contributed by atoms with Gasteiger partial charge in [0, 0.05) is 5.69 Å². The van der Waals surface area contributed by atoms with Crippen molar-refractivity contribution in [1.29, 1.82) is 0 Å². The van der Waals surface area contributed by atoms with Crippen molar-refractivity contribution in [1.82, 2.24) is 0 Å². The van der Waals surface area contributed by atoms with E-state index in [0.29, 0.717) is 24.1 Å². The average molecular weight is 425 g/mol. The second-order valence-corrected chi connectivity index (χ2v) is 7.47. The van der Waals surface area contributed by atoms with E-state index in [1.807, 2.05) is 0 Å². The number of aliphatic hydroxyl groups excluding tert-OH is 1. The summed E-state index contributed by atoms with van der Waals surface area (Å²) in [6.07, 6.45) is -0.0344. The van der Waals surface area contributed by atoms with Crippen LogP contribution in [0, 0.1) is 17.6 Å². The van der Waals surface area contributed by atoms with Gasteiger partial charge in [-0.15, -0.1) is 0 Å². The molecule has 1 amide bonds. The Bertz CT molecular complexity index is 1020. The predicted octanol–water partition coefficient (Wildman–Crippen LogP) is 5.52. The van der Waals surface area contributed by atoms with Gasteiger partial charge in [0.15, 0.2) is 0 Å². The molecular formula is C25H25F2NO3. The maximum absolute atomic E-state index is 13.3. The normalized spacial score (nSPS) is 18.8. The lowest BCUT2D eigenvalue weighted by atomic mass is 9.78. The number of hydrogen-bond acceptors (Lipinski definition) is 3.